The first-order valence-corrected chi connectivity index (χ1v) is 5.69. The summed E-state index contributed by atoms with van der Waals surface area (Å²) in [5, 5.41) is 13.2. The molecule has 0 fully saturated rings. The molecule has 0 saturated carbocycles. The Morgan fingerprint density at radius 3 is 2.84 bits per heavy atom. The maximum atomic E-state index is 11.1. The van der Waals surface area contributed by atoms with Gasteiger partial charge in [0.05, 0.1) is 17.3 Å². The van der Waals surface area contributed by atoms with Gasteiger partial charge in [0.25, 0.3) is 0 Å². The average Bonchev–Trinajstić information content (AvgIpc) is 2.93. The van der Waals surface area contributed by atoms with Crippen LogP contribution in [0.1, 0.15) is 16.1 Å². The Balaban J connectivity index is 2.25. The highest BCUT2D eigenvalue weighted by atomic mass is 16.4. The number of carbonyl (C=O) groups is 1. The molecule has 19 heavy (non-hydrogen) atoms. The Hall–Kier alpha value is -2.63. The molecule has 0 aliphatic carbocycles. The molecule has 1 aromatic carbocycles. The zero-order chi connectivity index (χ0) is 13.6. The summed E-state index contributed by atoms with van der Waals surface area (Å²) in [6.45, 7) is 1.90. The van der Waals surface area contributed by atoms with Crippen molar-refractivity contribution < 1.29 is 14.3 Å². The summed E-state index contributed by atoms with van der Waals surface area (Å²) in [4.78, 5) is 15.4. The molecule has 0 spiro atoms. The molecule has 96 valence electrons. The van der Waals surface area contributed by atoms with Gasteiger partial charge in [-0.15, -0.1) is 0 Å². The molecule has 0 saturated heterocycles. The van der Waals surface area contributed by atoms with Crippen LogP contribution in [0.15, 0.2) is 28.8 Å². The van der Waals surface area contributed by atoms with Crippen LogP contribution in [0.4, 0.5) is 0 Å². The molecule has 2 heterocycles. The fourth-order valence-corrected chi connectivity index (χ4v) is 1.94. The lowest BCUT2D eigenvalue weighted by molar-refractivity contribution is 0.0699. The molecule has 6 heteroatoms. The zero-order valence-electron chi connectivity index (χ0n) is 10.4. The van der Waals surface area contributed by atoms with Crippen molar-refractivity contribution in [3.8, 4) is 11.5 Å². The molecule has 0 amide bonds. The van der Waals surface area contributed by atoms with Gasteiger partial charge < -0.3 is 9.52 Å². The molecule has 0 bridgehead atoms. The van der Waals surface area contributed by atoms with Gasteiger partial charge in [0.2, 0.25) is 5.89 Å². The van der Waals surface area contributed by atoms with E-state index in [0.29, 0.717) is 17.0 Å². The van der Waals surface area contributed by atoms with Crippen molar-refractivity contribution in [2.75, 3.05) is 0 Å². The van der Waals surface area contributed by atoms with Gasteiger partial charge >= 0.3 is 5.97 Å². The molecule has 2 aromatic heterocycles. The highest BCUT2D eigenvalue weighted by Gasteiger charge is 2.17. The van der Waals surface area contributed by atoms with E-state index < -0.39 is 5.97 Å². The normalized spacial score (nSPS) is 11.1. The number of oxazole rings is 1. The van der Waals surface area contributed by atoms with E-state index in [1.165, 1.54) is 6.07 Å². The summed E-state index contributed by atoms with van der Waals surface area (Å²) in [5.74, 6) is -0.636. The average molecular weight is 257 g/mol. The number of rotatable bonds is 2. The number of aryl methyl sites for hydroxylation is 1. The Labute approximate surface area is 108 Å². The largest absolute Gasteiger partial charge is 0.478 e. The first-order valence-electron chi connectivity index (χ1n) is 5.69. The fraction of sp³-hybridized carbons (Fsp3) is 0.154. The van der Waals surface area contributed by atoms with Gasteiger partial charge in [-0.25, -0.2) is 9.78 Å². The lowest BCUT2D eigenvalue weighted by atomic mass is 10.2. The van der Waals surface area contributed by atoms with Gasteiger partial charge in [0.15, 0.2) is 5.58 Å². The molecule has 0 aliphatic heterocycles. The third-order valence-electron chi connectivity index (χ3n) is 3.12. The Kier molecular flexibility index (Phi) is 2.38. The second-order valence-electron chi connectivity index (χ2n) is 4.24. The lowest BCUT2D eigenvalue weighted by Crippen LogP contribution is -1.96. The monoisotopic (exact) mass is 257 g/mol. The van der Waals surface area contributed by atoms with Crippen LogP contribution < -0.4 is 0 Å². The van der Waals surface area contributed by atoms with E-state index in [2.05, 4.69) is 10.1 Å². The van der Waals surface area contributed by atoms with Gasteiger partial charge in [0.1, 0.15) is 5.52 Å². The molecule has 0 unspecified atom stereocenters. The van der Waals surface area contributed by atoms with Gasteiger partial charge in [-0.05, 0) is 19.1 Å². The molecule has 0 radical (unpaired) electrons. The summed E-state index contributed by atoms with van der Waals surface area (Å²) in [7, 11) is 1.82. The molecule has 0 atom stereocenters. The maximum absolute atomic E-state index is 11.1. The van der Waals surface area contributed by atoms with Crippen LogP contribution in [-0.4, -0.2) is 25.8 Å². The molecule has 3 aromatic rings. The highest BCUT2D eigenvalue weighted by Crippen LogP contribution is 2.27. The minimum absolute atomic E-state index is 0.133. The number of carboxylic acids is 1. The van der Waals surface area contributed by atoms with Crippen molar-refractivity contribution in [1.82, 2.24) is 14.8 Å². The van der Waals surface area contributed by atoms with Crippen molar-refractivity contribution in [1.29, 1.82) is 0 Å². The molecule has 3 rings (SSSR count). The third kappa shape index (κ3) is 1.69. The van der Waals surface area contributed by atoms with Crippen molar-refractivity contribution in [3.63, 3.8) is 0 Å². The number of hydrogen-bond acceptors (Lipinski definition) is 4. The van der Waals surface area contributed by atoms with Crippen molar-refractivity contribution in [2.24, 2.45) is 7.05 Å². The number of hydrogen-bond donors (Lipinski definition) is 1. The van der Waals surface area contributed by atoms with Crippen LogP contribution >= 0.6 is 0 Å². The third-order valence-corrected chi connectivity index (χ3v) is 3.12. The first-order chi connectivity index (χ1) is 9.08. The molecule has 6 nitrogen and oxygen atoms in total. The summed E-state index contributed by atoms with van der Waals surface area (Å²) >= 11 is 0. The summed E-state index contributed by atoms with van der Waals surface area (Å²) in [5.41, 5.74) is 2.61. The number of fused-ring (bicyclic) bond motifs is 1. The van der Waals surface area contributed by atoms with E-state index >= 15 is 0 Å². The summed E-state index contributed by atoms with van der Waals surface area (Å²) in [6, 6.07) is 4.84. The van der Waals surface area contributed by atoms with E-state index in [4.69, 9.17) is 9.52 Å². The second-order valence-corrected chi connectivity index (χ2v) is 4.24. The molecule has 1 N–H and O–H groups in total. The fourth-order valence-electron chi connectivity index (χ4n) is 1.94. The molecular formula is C13H11N3O3. The lowest BCUT2D eigenvalue weighted by Gasteiger charge is -1.94. The van der Waals surface area contributed by atoms with E-state index in [1.807, 2.05) is 14.0 Å². The minimum Gasteiger partial charge on any atom is -0.478 e. The number of aromatic nitrogens is 3. The summed E-state index contributed by atoms with van der Waals surface area (Å²) < 4.78 is 7.32. The smallest absolute Gasteiger partial charge is 0.338 e. The SMILES string of the molecule is Cc1c(-c2nc3c(C(=O)O)cccc3o2)cnn1C. The van der Waals surface area contributed by atoms with Crippen LogP contribution in [0, 0.1) is 6.92 Å². The predicted molar refractivity (Wildman–Crippen MR) is 67.9 cm³/mol. The van der Waals surface area contributed by atoms with Gasteiger partial charge in [-0.3, -0.25) is 4.68 Å². The van der Waals surface area contributed by atoms with E-state index in [9.17, 15) is 4.79 Å². The topological polar surface area (TPSA) is 81.2 Å². The van der Waals surface area contributed by atoms with Gasteiger partial charge in [0, 0.05) is 12.7 Å². The van der Waals surface area contributed by atoms with E-state index in [-0.39, 0.29) is 5.56 Å². The second kappa shape index (κ2) is 3.94. The van der Waals surface area contributed by atoms with Crippen molar-refractivity contribution >= 4 is 17.1 Å². The van der Waals surface area contributed by atoms with E-state index in [0.717, 1.165) is 11.3 Å². The molecular weight excluding hydrogens is 246 g/mol. The Bertz CT molecular complexity index is 786. The maximum Gasteiger partial charge on any atom is 0.338 e. The van der Waals surface area contributed by atoms with Crippen LogP contribution in [0.25, 0.3) is 22.6 Å². The van der Waals surface area contributed by atoms with Crippen LogP contribution in [0.3, 0.4) is 0 Å². The van der Waals surface area contributed by atoms with Crippen molar-refractivity contribution in [3.05, 3.63) is 35.7 Å². The number of carboxylic acid groups (broad SMARTS) is 1. The standard InChI is InChI=1S/C13H11N3O3/c1-7-9(6-14-16(7)2)12-15-11-8(13(17)18)4-3-5-10(11)19-12/h3-6H,1-2H3,(H,17,18). The Morgan fingerprint density at radius 1 is 1.42 bits per heavy atom. The molecule has 0 aliphatic rings. The highest BCUT2D eigenvalue weighted by molar-refractivity contribution is 6.00. The number of benzene rings is 1. The summed E-state index contributed by atoms with van der Waals surface area (Å²) in [6.07, 6.45) is 1.65. The predicted octanol–water partition coefficient (Wildman–Crippen LogP) is 2.23. The zero-order valence-corrected chi connectivity index (χ0v) is 10.4. The van der Waals surface area contributed by atoms with Gasteiger partial charge in [-0.1, -0.05) is 6.07 Å². The first kappa shape index (κ1) is 11.5. The van der Waals surface area contributed by atoms with E-state index in [1.54, 1.807) is 23.0 Å². The van der Waals surface area contributed by atoms with Crippen LogP contribution in [0.5, 0.6) is 0 Å². The van der Waals surface area contributed by atoms with Crippen LogP contribution in [0.2, 0.25) is 0 Å². The Morgan fingerprint density at radius 2 is 2.21 bits per heavy atom. The number of para-hydroxylation sites is 1. The quantitative estimate of drug-likeness (QED) is 0.761. The number of aromatic carboxylic acids is 1. The number of nitrogens with zero attached hydrogens (tertiary/aromatic N) is 3. The minimum atomic E-state index is -1.02. The van der Waals surface area contributed by atoms with Gasteiger partial charge in [-0.2, -0.15) is 5.10 Å². The van der Waals surface area contributed by atoms with Crippen molar-refractivity contribution in [2.45, 2.75) is 6.92 Å². The van der Waals surface area contributed by atoms with Crippen LogP contribution in [-0.2, 0) is 7.05 Å².